The third-order valence-electron chi connectivity index (χ3n) is 6.84. The van der Waals surface area contributed by atoms with Gasteiger partial charge in [-0.2, -0.15) is 4.98 Å². The van der Waals surface area contributed by atoms with Gasteiger partial charge in [-0.1, -0.05) is 54.6 Å². The fourth-order valence-corrected chi connectivity index (χ4v) is 4.80. The molecule has 2 aromatic heterocycles. The van der Waals surface area contributed by atoms with E-state index in [-0.39, 0.29) is 5.91 Å². The predicted octanol–water partition coefficient (Wildman–Crippen LogP) is 5.86. The van der Waals surface area contributed by atoms with Crippen LogP contribution in [0.4, 0.5) is 11.6 Å². The summed E-state index contributed by atoms with van der Waals surface area (Å²) in [6.45, 7) is 2.33. The number of nitrogens with zero attached hydrogens (tertiary/aromatic N) is 4. The van der Waals surface area contributed by atoms with Gasteiger partial charge in [-0.3, -0.25) is 9.78 Å². The molecule has 3 aromatic carbocycles. The van der Waals surface area contributed by atoms with E-state index >= 15 is 0 Å². The first-order valence-corrected chi connectivity index (χ1v) is 13.2. The molecule has 5 aromatic rings. The van der Waals surface area contributed by atoms with Crippen molar-refractivity contribution < 1.29 is 14.3 Å². The SMILES string of the molecule is COc1ccccc1NC(=O)C1=C(C)Nc2nc(-c3ccncc3)nn2C1c1ccc(OCc2ccccc2)cc1. The van der Waals surface area contributed by atoms with Gasteiger partial charge in [0.05, 0.1) is 18.4 Å². The van der Waals surface area contributed by atoms with Gasteiger partial charge in [-0.25, -0.2) is 4.68 Å². The molecule has 9 nitrogen and oxygen atoms in total. The van der Waals surface area contributed by atoms with Crippen LogP contribution in [0.1, 0.15) is 24.1 Å². The van der Waals surface area contributed by atoms with Gasteiger partial charge in [-0.05, 0) is 54.4 Å². The number of amides is 1. The first-order valence-electron chi connectivity index (χ1n) is 13.2. The number of benzene rings is 3. The van der Waals surface area contributed by atoms with Crippen molar-refractivity contribution in [2.75, 3.05) is 17.7 Å². The highest BCUT2D eigenvalue weighted by Gasteiger charge is 2.34. The Balaban J connectivity index is 1.36. The van der Waals surface area contributed by atoms with E-state index in [2.05, 4.69) is 15.6 Å². The Morgan fingerprint density at radius 3 is 2.44 bits per heavy atom. The lowest BCUT2D eigenvalue weighted by Crippen LogP contribution is -2.31. The van der Waals surface area contributed by atoms with Gasteiger partial charge in [0, 0.05) is 23.7 Å². The number of fused-ring (bicyclic) bond motifs is 1. The van der Waals surface area contributed by atoms with E-state index in [0.29, 0.717) is 41.1 Å². The summed E-state index contributed by atoms with van der Waals surface area (Å²) < 4.78 is 13.2. The summed E-state index contributed by atoms with van der Waals surface area (Å²) >= 11 is 0. The van der Waals surface area contributed by atoms with Crippen molar-refractivity contribution in [3.8, 4) is 22.9 Å². The Bertz CT molecular complexity index is 1700. The third-order valence-corrected chi connectivity index (χ3v) is 6.84. The van der Waals surface area contributed by atoms with E-state index in [9.17, 15) is 4.79 Å². The Labute approximate surface area is 237 Å². The number of rotatable bonds is 8. The fraction of sp³-hybridized carbons (Fsp3) is 0.125. The van der Waals surface area contributed by atoms with Crippen molar-refractivity contribution in [2.24, 2.45) is 0 Å². The number of aromatic nitrogens is 4. The number of hydrogen-bond donors (Lipinski definition) is 2. The topological polar surface area (TPSA) is 103 Å². The van der Waals surface area contributed by atoms with E-state index in [1.807, 2.05) is 85.8 Å². The number of anilines is 2. The van der Waals surface area contributed by atoms with Crippen LogP contribution in [-0.2, 0) is 11.4 Å². The van der Waals surface area contributed by atoms with Gasteiger partial charge in [0.1, 0.15) is 24.1 Å². The van der Waals surface area contributed by atoms with Crippen molar-refractivity contribution >= 4 is 17.5 Å². The van der Waals surface area contributed by atoms with Crippen molar-refractivity contribution in [1.82, 2.24) is 19.7 Å². The lowest BCUT2D eigenvalue weighted by Gasteiger charge is -2.29. The third kappa shape index (κ3) is 5.38. The van der Waals surface area contributed by atoms with Crippen molar-refractivity contribution in [1.29, 1.82) is 0 Å². The number of pyridine rings is 1. The molecule has 0 bridgehead atoms. The second kappa shape index (κ2) is 11.4. The molecule has 0 radical (unpaired) electrons. The van der Waals surface area contributed by atoms with E-state index in [4.69, 9.17) is 19.6 Å². The minimum absolute atomic E-state index is 0.277. The molecule has 204 valence electrons. The molecule has 1 atom stereocenters. The highest BCUT2D eigenvalue weighted by molar-refractivity contribution is 6.06. The number of carbonyl (C=O) groups is 1. The first-order chi connectivity index (χ1) is 20.1. The quantitative estimate of drug-likeness (QED) is 0.252. The van der Waals surface area contributed by atoms with Gasteiger partial charge >= 0.3 is 0 Å². The molecule has 0 aliphatic carbocycles. The van der Waals surface area contributed by atoms with Gasteiger partial charge in [0.2, 0.25) is 5.95 Å². The highest BCUT2D eigenvalue weighted by atomic mass is 16.5. The van der Waals surface area contributed by atoms with E-state index in [1.54, 1.807) is 36.3 Å². The zero-order chi connectivity index (χ0) is 28.2. The van der Waals surface area contributed by atoms with Gasteiger partial charge in [0.15, 0.2) is 5.82 Å². The maximum absolute atomic E-state index is 13.9. The van der Waals surface area contributed by atoms with Crippen LogP contribution >= 0.6 is 0 Å². The molecule has 1 amide bonds. The van der Waals surface area contributed by atoms with Crippen LogP contribution in [0.25, 0.3) is 11.4 Å². The van der Waals surface area contributed by atoms with Crippen LogP contribution in [0, 0.1) is 0 Å². The first kappa shape index (κ1) is 25.8. The number of hydrogen-bond acceptors (Lipinski definition) is 7. The molecule has 6 rings (SSSR count). The van der Waals surface area contributed by atoms with Crippen LogP contribution in [0.15, 0.2) is 115 Å². The summed E-state index contributed by atoms with van der Waals surface area (Å²) in [5.41, 5.74) is 4.52. The lowest BCUT2D eigenvalue weighted by molar-refractivity contribution is -0.113. The standard InChI is InChI=1S/C32H28N6O3/c1-21-28(31(39)35-26-10-6-7-11-27(26)40-2)29(38-32(34-21)36-30(37-38)24-16-18-33-19-17-24)23-12-14-25(15-13-23)41-20-22-8-4-3-5-9-22/h3-19,29H,20H2,1-2H3,(H,35,39)(H,34,36,37). The Kier molecular flexibility index (Phi) is 7.15. The molecule has 1 aliphatic heterocycles. The molecule has 41 heavy (non-hydrogen) atoms. The summed E-state index contributed by atoms with van der Waals surface area (Å²) in [6, 6.07) is 28.2. The van der Waals surface area contributed by atoms with Crippen LogP contribution in [0.5, 0.6) is 11.5 Å². The fourth-order valence-electron chi connectivity index (χ4n) is 4.80. The Hall–Kier alpha value is -5.44. The summed E-state index contributed by atoms with van der Waals surface area (Å²) in [4.78, 5) is 22.7. The molecule has 9 heteroatoms. The van der Waals surface area contributed by atoms with Gasteiger partial charge in [-0.15, -0.1) is 5.10 Å². The zero-order valence-corrected chi connectivity index (χ0v) is 22.6. The average Bonchev–Trinajstić information content (AvgIpc) is 3.44. The largest absolute Gasteiger partial charge is 0.495 e. The van der Waals surface area contributed by atoms with E-state index < -0.39 is 6.04 Å². The zero-order valence-electron chi connectivity index (χ0n) is 22.6. The molecule has 0 saturated carbocycles. The predicted molar refractivity (Wildman–Crippen MR) is 157 cm³/mol. The van der Waals surface area contributed by atoms with Crippen LogP contribution in [0.2, 0.25) is 0 Å². The number of methoxy groups -OCH3 is 1. The maximum Gasteiger partial charge on any atom is 0.255 e. The number of ether oxygens (including phenoxy) is 2. The van der Waals surface area contributed by atoms with Crippen LogP contribution < -0.4 is 20.1 Å². The Morgan fingerprint density at radius 1 is 0.951 bits per heavy atom. The lowest BCUT2D eigenvalue weighted by atomic mass is 9.95. The number of allylic oxidation sites excluding steroid dienone is 1. The molecule has 3 heterocycles. The monoisotopic (exact) mass is 544 g/mol. The van der Waals surface area contributed by atoms with Crippen molar-refractivity contribution in [2.45, 2.75) is 19.6 Å². The summed E-state index contributed by atoms with van der Waals surface area (Å²) in [7, 11) is 1.57. The molecule has 0 saturated heterocycles. The number of carbonyl (C=O) groups excluding carboxylic acids is 1. The smallest absolute Gasteiger partial charge is 0.255 e. The van der Waals surface area contributed by atoms with Gasteiger partial charge in [0.25, 0.3) is 5.91 Å². The summed E-state index contributed by atoms with van der Waals surface area (Å²) in [6.07, 6.45) is 3.40. The molecule has 1 unspecified atom stereocenters. The second-order valence-corrected chi connectivity index (χ2v) is 9.50. The van der Waals surface area contributed by atoms with Crippen molar-refractivity contribution in [3.63, 3.8) is 0 Å². The average molecular weight is 545 g/mol. The maximum atomic E-state index is 13.9. The van der Waals surface area contributed by atoms with Gasteiger partial charge < -0.3 is 20.1 Å². The molecular weight excluding hydrogens is 516 g/mol. The normalized spacial score (nSPS) is 14.1. The second-order valence-electron chi connectivity index (χ2n) is 9.50. The van der Waals surface area contributed by atoms with Crippen LogP contribution in [-0.4, -0.2) is 32.8 Å². The number of nitrogens with one attached hydrogen (secondary N) is 2. The summed E-state index contributed by atoms with van der Waals surface area (Å²) in [5.74, 6) is 2.09. The minimum atomic E-state index is -0.549. The molecular formula is C32H28N6O3. The Morgan fingerprint density at radius 2 is 1.68 bits per heavy atom. The van der Waals surface area contributed by atoms with E-state index in [1.165, 1.54) is 0 Å². The molecule has 0 fully saturated rings. The van der Waals surface area contributed by atoms with Crippen LogP contribution in [0.3, 0.4) is 0 Å². The van der Waals surface area contributed by atoms with Crippen molar-refractivity contribution in [3.05, 3.63) is 126 Å². The minimum Gasteiger partial charge on any atom is -0.495 e. The summed E-state index contributed by atoms with van der Waals surface area (Å²) in [5, 5.41) is 11.1. The molecule has 1 aliphatic rings. The number of para-hydroxylation sites is 2. The highest BCUT2D eigenvalue weighted by Crippen LogP contribution is 2.38. The molecule has 2 N–H and O–H groups in total. The van der Waals surface area contributed by atoms with E-state index in [0.717, 1.165) is 22.4 Å². The molecule has 0 spiro atoms.